The minimum Gasteiger partial charge on any atom is -0.266 e. The molecule has 0 atom stereocenters. The van der Waals surface area contributed by atoms with Crippen LogP contribution in [-0.2, 0) is 0 Å². The van der Waals surface area contributed by atoms with E-state index in [1.165, 1.54) is 15.9 Å². The highest BCUT2D eigenvalue weighted by molar-refractivity contribution is 7.15. The van der Waals surface area contributed by atoms with Crippen molar-refractivity contribution < 1.29 is 0 Å². The Labute approximate surface area is 139 Å². The van der Waals surface area contributed by atoms with Gasteiger partial charge in [0.1, 0.15) is 0 Å². The smallest absolute Gasteiger partial charge is 0.266 e. The number of hydrogen-bond donors (Lipinski definition) is 0. The zero-order valence-corrected chi connectivity index (χ0v) is 13.3. The summed E-state index contributed by atoms with van der Waals surface area (Å²) in [5.41, 5.74) is 1.37. The molecule has 0 saturated heterocycles. The van der Waals surface area contributed by atoms with E-state index in [-0.39, 0.29) is 5.56 Å². The summed E-state index contributed by atoms with van der Waals surface area (Å²) < 4.78 is 1.86. The maximum absolute atomic E-state index is 12.5. The van der Waals surface area contributed by atoms with E-state index >= 15 is 0 Å². The predicted octanol–water partition coefficient (Wildman–Crippen LogP) is 2.41. The van der Waals surface area contributed by atoms with E-state index in [0.29, 0.717) is 20.3 Å². The molecule has 7 heteroatoms. The molecule has 112 valence electrons. The van der Waals surface area contributed by atoms with E-state index in [2.05, 4.69) is 15.1 Å². The van der Waals surface area contributed by atoms with Gasteiger partial charge in [-0.05, 0) is 29.8 Å². The minimum absolute atomic E-state index is 0.201. The van der Waals surface area contributed by atoms with E-state index in [9.17, 15) is 4.79 Å². The van der Waals surface area contributed by atoms with Gasteiger partial charge in [-0.3, -0.25) is 9.78 Å². The lowest BCUT2D eigenvalue weighted by molar-refractivity contribution is 0.936. The highest BCUT2D eigenvalue weighted by Gasteiger charge is 2.12. The average Bonchev–Trinajstić information content (AvgIpc) is 3.11. The Kier molecular flexibility index (Phi) is 3.40. The molecule has 0 bridgehead atoms. The van der Waals surface area contributed by atoms with Gasteiger partial charge in [-0.15, -0.1) is 5.10 Å². The fraction of sp³-hybridized carbons (Fsp3) is 0. The summed E-state index contributed by atoms with van der Waals surface area (Å²) in [6.07, 6.45) is 5.10. The lowest BCUT2D eigenvalue weighted by atomic mass is 10.2. The van der Waals surface area contributed by atoms with Crippen molar-refractivity contribution >= 4 is 34.0 Å². The Morgan fingerprint density at radius 2 is 2.04 bits per heavy atom. The molecular formula is C16H9ClN4OS. The zero-order valence-electron chi connectivity index (χ0n) is 11.7. The molecule has 1 aromatic carbocycles. The topological polar surface area (TPSA) is 60.2 Å². The van der Waals surface area contributed by atoms with Crippen LogP contribution in [0.15, 0.2) is 53.6 Å². The van der Waals surface area contributed by atoms with E-state index in [1.807, 2.05) is 24.3 Å². The fourth-order valence-electron chi connectivity index (χ4n) is 2.18. The number of halogens is 1. The molecule has 3 aromatic heterocycles. The van der Waals surface area contributed by atoms with Gasteiger partial charge < -0.3 is 0 Å². The van der Waals surface area contributed by atoms with Crippen LogP contribution >= 0.6 is 22.9 Å². The number of thiazole rings is 1. The van der Waals surface area contributed by atoms with Gasteiger partial charge in [0.05, 0.1) is 4.53 Å². The highest BCUT2D eigenvalue weighted by Crippen LogP contribution is 2.17. The van der Waals surface area contributed by atoms with Crippen molar-refractivity contribution in [3.05, 3.63) is 74.3 Å². The van der Waals surface area contributed by atoms with Gasteiger partial charge in [-0.1, -0.05) is 41.1 Å². The third-order valence-corrected chi connectivity index (χ3v) is 4.60. The fourth-order valence-corrected chi connectivity index (χ4v) is 3.27. The number of benzene rings is 1. The molecule has 0 N–H and O–H groups in total. The van der Waals surface area contributed by atoms with Gasteiger partial charge in [-0.25, -0.2) is 0 Å². The first-order chi connectivity index (χ1) is 11.2. The molecular weight excluding hydrogens is 332 g/mol. The second-order valence-corrected chi connectivity index (χ2v) is 6.23. The molecule has 23 heavy (non-hydrogen) atoms. The van der Waals surface area contributed by atoms with Crippen LogP contribution in [0.4, 0.5) is 0 Å². The average molecular weight is 341 g/mol. The van der Waals surface area contributed by atoms with E-state index < -0.39 is 0 Å². The molecule has 0 spiro atoms. The molecule has 4 aromatic rings. The van der Waals surface area contributed by atoms with Crippen molar-refractivity contribution in [3.63, 3.8) is 0 Å². The summed E-state index contributed by atoms with van der Waals surface area (Å²) in [4.78, 5) is 21.5. The molecule has 0 amide bonds. The van der Waals surface area contributed by atoms with E-state index in [4.69, 9.17) is 11.6 Å². The van der Waals surface area contributed by atoms with E-state index in [0.717, 1.165) is 11.1 Å². The lowest BCUT2D eigenvalue weighted by Gasteiger charge is -1.94. The maximum Gasteiger partial charge on any atom is 0.291 e. The number of rotatable bonds is 2. The van der Waals surface area contributed by atoms with Crippen LogP contribution in [0.2, 0.25) is 5.02 Å². The Balaban J connectivity index is 1.86. The summed E-state index contributed by atoms with van der Waals surface area (Å²) in [7, 11) is 0. The molecule has 0 radical (unpaired) electrons. The first-order valence-electron chi connectivity index (χ1n) is 6.78. The molecule has 4 rings (SSSR count). The molecule has 5 nitrogen and oxygen atoms in total. The number of hydrogen-bond acceptors (Lipinski definition) is 5. The van der Waals surface area contributed by atoms with Crippen LogP contribution in [0.25, 0.3) is 22.4 Å². The molecule has 0 fully saturated rings. The third-order valence-electron chi connectivity index (χ3n) is 3.29. The van der Waals surface area contributed by atoms with Gasteiger partial charge in [0.2, 0.25) is 4.96 Å². The van der Waals surface area contributed by atoms with Crippen LogP contribution in [-0.4, -0.2) is 19.6 Å². The Morgan fingerprint density at radius 1 is 1.17 bits per heavy atom. The van der Waals surface area contributed by atoms with Crippen molar-refractivity contribution in [1.29, 1.82) is 0 Å². The van der Waals surface area contributed by atoms with Gasteiger partial charge in [-0.2, -0.15) is 9.50 Å². The zero-order chi connectivity index (χ0) is 15.8. The van der Waals surface area contributed by atoms with Crippen LogP contribution in [0.5, 0.6) is 0 Å². The summed E-state index contributed by atoms with van der Waals surface area (Å²) in [5.74, 6) is 0.491. The number of aromatic nitrogens is 4. The largest absolute Gasteiger partial charge is 0.291 e. The van der Waals surface area contributed by atoms with Crippen molar-refractivity contribution in [1.82, 2.24) is 19.6 Å². The second kappa shape index (κ2) is 5.57. The number of pyridine rings is 1. The quantitative estimate of drug-likeness (QED) is 0.562. The highest BCUT2D eigenvalue weighted by atomic mass is 35.5. The van der Waals surface area contributed by atoms with Crippen LogP contribution < -0.4 is 10.1 Å². The number of nitrogens with zero attached hydrogens (tertiary/aromatic N) is 4. The Morgan fingerprint density at radius 3 is 2.78 bits per heavy atom. The molecule has 0 saturated carbocycles. The van der Waals surface area contributed by atoms with E-state index in [1.54, 1.807) is 30.6 Å². The normalized spacial score (nSPS) is 12.1. The lowest BCUT2D eigenvalue weighted by Crippen LogP contribution is -2.23. The van der Waals surface area contributed by atoms with Crippen molar-refractivity contribution in [2.75, 3.05) is 0 Å². The minimum atomic E-state index is -0.201. The Hall–Kier alpha value is -2.57. The van der Waals surface area contributed by atoms with Crippen molar-refractivity contribution in [2.24, 2.45) is 0 Å². The summed E-state index contributed by atoms with van der Waals surface area (Å²) in [6.45, 7) is 0. The van der Waals surface area contributed by atoms with Gasteiger partial charge >= 0.3 is 0 Å². The third kappa shape index (κ3) is 2.52. The van der Waals surface area contributed by atoms with Crippen LogP contribution in [0.1, 0.15) is 5.56 Å². The van der Waals surface area contributed by atoms with Crippen molar-refractivity contribution in [3.8, 4) is 11.4 Å². The van der Waals surface area contributed by atoms with Crippen LogP contribution in [0, 0.1) is 0 Å². The van der Waals surface area contributed by atoms with Crippen LogP contribution in [0.3, 0.4) is 0 Å². The summed E-state index contributed by atoms with van der Waals surface area (Å²) in [6, 6.07) is 11.0. The van der Waals surface area contributed by atoms with Crippen molar-refractivity contribution in [2.45, 2.75) is 0 Å². The first-order valence-corrected chi connectivity index (χ1v) is 7.98. The summed E-state index contributed by atoms with van der Waals surface area (Å²) in [5, 5.41) is 4.88. The summed E-state index contributed by atoms with van der Waals surface area (Å²) >= 11 is 7.42. The van der Waals surface area contributed by atoms with Gasteiger partial charge in [0.25, 0.3) is 5.56 Å². The molecule has 0 aliphatic carbocycles. The number of fused-ring (bicyclic) bond motifs is 1. The standard InChI is InChI=1S/C16H9ClN4OS/c17-12-6-2-1-4-10(12)8-13-15(22)21-16(23-13)19-14(20-21)11-5-3-7-18-9-11/h1-9H/b13-8-. The monoisotopic (exact) mass is 340 g/mol. The molecule has 0 unspecified atom stereocenters. The Bertz CT molecular complexity index is 1100. The SMILES string of the molecule is O=c1/c(=C/c2ccccc2Cl)sc2nc(-c3cccnc3)nn12. The molecule has 0 aliphatic heterocycles. The second-order valence-electron chi connectivity index (χ2n) is 4.81. The molecule has 3 heterocycles. The molecule has 0 aliphatic rings. The maximum atomic E-state index is 12.5. The van der Waals surface area contributed by atoms with Gasteiger partial charge in [0, 0.05) is 23.0 Å². The predicted molar refractivity (Wildman–Crippen MR) is 90.6 cm³/mol. The van der Waals surface area contributed by atoms with Gasteiger partial charge in [0.15, 0.2) is 5.82 Å². The first kappa shape index (κ1) is 14.0.